The minimum Gasteiger partial charge on any atom is -0.497 e. The van der Waals surface area contributed by atoms with Crippen LogP contribution in [0.15, 0.2) is 48.5 Å². The van der Waals surface area contributed by atoms with Crippen LogP contribution in [0, 0.1) is 24.7 Å². The number of anilines is 1. The van der Waals surface area contributed by atoms with Gasteiger partial charge in [-0.05, 0) is 48.2 Å². The van der Waals surface area contributed by atoms with Crippen molar-refractivity contribution in [3.05, 3.63) is 64.7 Å². The Kier molecular flexibility index (Phi) is 6.27. The van der Waals surface area contributed by atoms with Crippen LogP contribution in [0.5, 0.6) is 5.75 Å². The Morgan fingerprint density at radius 2 is 1.85 bits per heavy atom. The summed E-state index contributed by atoms with van der Waals surface area (Å²) in [6, 6.07) is 11.7. The van der Waals surface area contributed by atoms with Crippen molar-refractivity contribution in [2.24, 2.45) is 17.8 Å². The Balaban J connectivity index is 1.76. The number of benzene rings is 2. The minimum atomic E-state index is -1.59. The minimum absolute atomic E-state index is 0.348. The highest BCUT2D eigenvalue weighted by atomic mass is 35.5. The van der Waals surface area contributed by atoms with Crippen molar-refractivity contribution >= 4 is 41.1 Å². The number of methoxy groups -OCH3 is 1. The van der Waals surface area contributed by atoms with Gasteiger partial charge in [-0.15, -0.1) is 0 Å². The molecule has 2 aromatic carbocycles. The van der Waals surface area contributed by atoms with E-state index in [1.54, 1.807) is 45.2 Å². The third kappa shape index (κ3) is 3.69. The van der Waals surface area contributed by atoms with Crippen LogP contribution in [0.25, 0.3) is 6.08 Å². The van der Waals surface area contributed by atoms with Crippen molar-refractivity contribution in [3.63, 3.8) is 0 Å². The molecule has 8 heteroatoms. The number of amides is 2. The lowest BCUT2D eigenvalue weighted by atomic mass is 9.73. The second kappa shape index (κ2) is 8.89. The maximum atomic E-state index is 13.6. The Hall–Kier alpha value is -3.16. The zero-order valence-electron chi connectivity index (χ0n) is 19.4. The molecule has 2 N–H and O–H groups in total. The van der Waals surface area contributed by atoms with Crippen LogP contribution in [0.1, 0.15) is 25.0 Å². The van der Waals surface area contributed by atoms with E-state index in [9.17, 15) is 19.5 Å². The third-order valence-corrected chi connectivity index (χ3v) is 7.33. The highest BCUT2D eigenvalue weighted by Crippen LogP contribution is 2.48. The molecule has 4 unspecified atom stereocenters. The molecule has 2 amide bonds. The average molecular weight is 483 g/mol. The van der Waals surface area contributed by atoms with Crippen molar-refractivity contribution in [1.29, 1.82) is 0 Å². The molecule has 2 saturated heterocycles. The molecule has 0 saturated carbocycles. The molecule has 0 bridgehead atoms. The zero-order chi connectivity index (χ0) is 24.8. The Labute approximate surface area is 203 Å². The van der Waals surface area contributed by atoms with Crippen LogP contribution in [0.3, 0.4) is 0 Å². The molecule has 0 aliphatic carbocycles. The molecule has 7 nitrogen and oxygen atoms in total. The van der Waals surface area contributed by atoms with Crippen LogP contribution in [0.4, 0.5) is 5.69 Å². The van der Waals surface area contributed by atoms with Gasteiger partial charge in [-0.1, -0.05) is 55.8 Å². The number of carboxylic acid groups (broad SMARTS) is 1. The van der Waals surface area contributed by atoms with Crippen molar-refractivity contribution in [2.45, 2.75) is 32.4 Å². The van der Waals surface area contributed by atoms with E-state index in [1.165, 1.54) is 0 Å². The largest absolute Gasteiger partial charge is 0.497 e. The summed E-state index contributed by atoms with van der Waals surface area (Å²) < 4.78 is 5.18. The van der Waals surface area contributed by atoms with Gasteiger partial charge in [0.2, 0.25) is 11.8 Å². The van der Waals surface area contributed by atoms with Crippen LogP contribution in [-0.4, -0.2) is 41.6 Å². The Morgan fingerprint density at radius 3 is 2.41 bits per heavy atom. The molecule has 4 rings (SSSR count). The van der Waals surface area contributed by atoms with Crippen molar-refractivity contribution in [2.75, 3.05) is 12.0 Å². The number of hydrogen-bond acceptors (Lipinski definition) is 5. The summed E-state index contributed by atoms with van der Waals surface area (Å²) >= 11 is 6.26. The summed E-state index contributed by atoms with van der Waals surface area (Å²) in [6.45, 7) is 5.32. The van der Waals surface area contributed by atoms with E-state index in [0.29, 0.717) is 16.5 Å². The SMILES string of the molecule is COc1ccc(C=CC2NC(C(=O)O)(C(C)C)C3C(=O)N(c4ccc(C)c(Cl)c4)C(=O)C23)cc1. The van der Waals surface area contributed by atoms with Crippen LogP contribution in [-0.2, 0) is 14.4 Å². The topological polar surface area (TPSA) is 95.9 Å². The predicted molar refractivity (Wildman–Crippen MR) is 130 cm³/mol. The van der Waals surface area contributed by atoms with Crippen LogP contribution >= 0.6 is 11.6 Å². The summed E-state index contributed by atoms with van der Waals surface area (Å²) in [7, 11) is 1.58. The standard InChI is InChI=1S/C26H27ClN2O5/c1-14(2)26(25(32)33)22-21(20(28-26)12-8-16-6-10-18(34-4)11-7-16)23(30)29(24(22)31)17-9-5-15(3)19(27)13-17/h5-14,20-22,28H,1-4H3,(H,32,33). The smallest absolute Gasteiger partial charge is 0.325 e. The van der Waals surface area contributed by atoms with E-state index in [-0.39, 0.29) is 0 Å². The predicted octanol–water partition coefficient (Wildman–Crippen LogP) is 3.93. The number of carbonyl (C=O) groups excluding carboxylic acids is 2. The number of aliphatic carboxylic acids is 1. The molecule has 0 aromatic heterocycles. The van der Waals surface area contributed by atoms with E-state index >= 15 is 0 Å². The van der Waals surface area contributed by atoms with Gasteiger partial charge in [0.25, 0.3) is 0 Å². The maximum absolute atomic E-state index is 13.6. The third-order valence-electron chi connectivity index (χ3n) is 6.92. The van der Waals surface area contributed by atoms with E-state index in [4.69, 9.17) is 16.3 Å². The van der Waals surface area contributed by atoms with Gasteiger partial charge in [0.1, 0.15) is 11.3 Å². The van der Waals surface area contributed by atoms with E-state index < -0.39 is 47.1 Å². The Bertz CT molecular complexity index is 1180. The van der Waals surface area contributed by atoms with E-state index in [0.717, 1.165) is 16.0 Å². The van der Waals surface area contributed by atoms with Gasteiger partial charge in [-0.25, -0.2) is 4.90 Å². The monoisotopic (exact) mass is 482 g/mol. The van der Waals surface area contributed by atoms with Gasteiger partial charge in [0.15, 0.2) is 0 Å². The van der Waals surface area contributed by atoms with Gasteiger partial charge >= 0.3 is 5.97 Å². The summed E-state index contributed by atoms with van der Waals surface area (Å²) in [5.41, 5.74) is 0.431. The number of nitrogens with zero attached hydrogens (tertiary/aromatic N) is 1. The summed E-state index contributed by atoms with van der Waals surface area (Å²) in [5, 5.41) is 13.9. The van der Waals surface area contributed by atoms with Gasteiger partial charge in [0, 0.05) is 11.1 Å². The number of hydrogen-bond donors (Lipinski definition) is 2. The lowest BCUT2D eigenvalue weighted by Crippen LogP contribution is -2.60. The summed E-state index contributed by atoms with van der Waals surface area (Å²) in [5.74, 6) is -3.76. The number of imide groups is 1. The number of rotatable bonds is 6. The second-order valence-corrected chi connectivity index (χ2v) is 9.49. The summed E-state index contributed by atoms with van der Waals surface area (Å²) in [4.78, 5) is 40.9. The van der Waals surface area contributed by atoms with Crippen molar-refractivity contribution in [1.82, 2.24) is 5.32 Å². The first kappa shape index (κ1) is 24.0. The number of carboxylic acids is 1. The second-order valence-electron chi connectivity index (χ2n) is 9.08. The average Bonchev–Trinajstić information content (AvgIpc) is 3.29. The molecule has 0 spiro atoms. The van der Waals surface area contributed by atoms with Crippen LogP contribution in [0.2, 0.25) is 5.02 Å². The summed E-state index contributed by atoms with van der Waals surface area (Å²) in [6.07, 6.45) is 3.58. The number of halogens is 1. The fraction of sp³-hybridized carbons (Fsp3) is 0.346. The maximum Gasteiger partial charge on any atom is 0.325 e. The van der Waals surface area contributed by atoms with E-state index in [2.05, 4.69) is 5.32 Å². The molecular weight excluding hydrogens is 456 g/mol. The quantitative estimate of drug-likeness (QED) is 0.606. The lowest BCUT2D eigenvalue weighted by molar-refractivity contribution is -0.151. The fourth-order valence-electron chi connectivity index (χ4n) is 5.03. The Morgan fingerprint density at radius 1 is 1.18 bits per heavy atom. The highest BCUT2D eigenvalue weighted by Gasteiger charge is 2.69. The van der Waals surface area contributed by atoms with Gasteiger partial charge in [-0.3, -0.25) is 19.7 Å². The molecule has 34 heavy (non-hydrogen) atoms. The molecule has 4 atom stereocenters. The van der Waals surface area contributed by atoms with Gasteiger partial charge in [-0.2, -0.15) is 0 Å². The van der Waals surface area contributed by atoms with Crippen molar-refractivity contribution in [3.8, 4) is 5.75 Å². The number of fused-ring (bicyclic) bond motifs is 1. The first-order chi connectivity index (χ1) is 16.1. The van der Waals surface area contributed by atoms with Crippen LogP contribution < -0.4 is 15.0 Å². The zero-order valence-corrected chi connectivity index (χ0v) is 20.2. The normalized spacial score (nSPS) is 26.5. The molecule has 0 radical (unpaired) electrons. The number of carbonyl (C=O) groups is 3. The molecule has 2 aliphatic rings. The molecule has 2 fully saturated rings. The molecule has 2 aliphatic heterocycles. The highest BCUT2D eigenvalue weighted by molar-refractivity contribution is 6.32. The number of aryl methyl sites for hydroxylation is 1. The number of nitrogens with one attached hydrogen (secondary N) is 1. The fourth-order valence-corrected chi connectivity index (χ4v) is 5.20. The molecular formula is C26H27ClN2O5. The van der Waals surface area contributed by atoms with E-state index in [1.807, 2.05) is 37.3 Å². The molecule has 2 aromatic rings. The van der Waals surface area contributed by atoms with Gasteiger partial charge in [0.05, 0.1) is 24.6 Å². The number of ether oxygens (including phenoxy) is 1. The molecule has 178 valence electrons. The molecule has 2 heterocycles. The first-order valence-corrected chi connectivity index (χ1v) is 11.5. The first-order valence-electron chi connectivity index (χ1n) is 11.1. The lowest BCUT2D eigenvalue weighted by Gasteiger charge is -2.34. The van der Waals surface area contributed by atoms with Gasteiger partial charge < -0.3 is 9.84 Å². The van der Waals surface area contributed by atoms with Crippen molar-refractivity contribution < 1.29 is 24.2 Å².